The highest BCUT2D eigenvalue weighted by Gasteiger charge is 2.05. The van der Waals surface area contributed by atoms with Crippen molar-refractivity contribution in [2.75, 3.05) is 0 Å². The summed E-state index contributed by atoms with van der Waals surface area (Å²) in [7, 11) is 0. The Labute approximate surface area is 95.9 Å². The lowest BCUT2D eigenvalue weighted by atomic mass is 10.1. The van der Waals surface area contributed by atoms with Crippen LogP contribution in [0.4, 0.5) is 0 Å². The van der Waals surface area contributed by atoms with Crippen molar-refractivity contribution in [3.63, 3.8) is 0 Å². The minimum Gasteiger partial charge on any atom is -0.306 e. The van der Waals surface area contributed by atoms with Gasteiger partial charge in [0.25, 0.3) is 0 Å². The topological polar surface area (TPSA) is 40.7 Å². The van der Waals surface area contributed by atoms with E-state index in [1.165, 1.54) is 16.7 Å². The fraction of sp³-hybridized carbons (Fsp3) is 0.308. The van der Waals surface area contributed by atoms with Gasteiger partial charge in [-0.05, 0) is 19.4 Å². The van der Waals surface area contributed by atoms with Gasteiger partial charge < -0.3 is 5.32 Å². The Morgan fingerprint density at radius 1 is 1.44 bits per heavy atom. The Kier molecular flexibility index (Phi) is 3.37. The third-order valence-electron chi connectivity index (χ3n) is 2.71. The molecule has 0 bridgehead atoms. The Morgan fingerprint density at radius 3 is 3.00 bits per heavy atom. The van der Waals surface area contributed by atoms with Crippen molar-refractivity contribution in [1.29, 1.82) is 0 Å². The van der Waals surface area contributed by atoms with Gasteiger partial charge in [0, 0.05) is 24.3 Å². The molecule has 3 heteroatoms. The maximum absolute atomic E-state index is 3.95. The summed E-state index contributed by atoms with van der Waals surface area (Å²) in [6.07, 6.45) is 3.78. The molecule has 0 saturated carbocycles. The zero-order valence-electron chi connectivity index (χ0n) is 9.70. The van der Waals surface area contributed by atoms with Crippen molar-refractivity contribution in [1.82, 2.24) is 15.5 Å². The average Bonchev–Trinajstić information content (AvgIpc) is 2.79. The SMILES string of the molecule is Cc1cccc(CNC(C)c2cn[nH]c2)c1. The normalized spacial score (nSPS) is 12.6. The fourth-order valence-corrected chi connectivity index (χ4v) is 1.71. The molecule has 0 fully saturated rings. The molecule has 2 N–H and O–H groups in total. The zero-order valence-corrected chi connectivity index (χ0v) is 9.70. The molecule has 1 aromatic carbocycles. The first-order chi connectivity index (χ1) is 7.75. The van der Waals surface area contributed by atoms with E-state index in [9.17, 15) is 0 Å². The predicted molar refractivity (Wildman–Crippen MR) is 65.0 cm³/mol. The average molecular weight is 215 g/mol. The number of aryl methyl sites for hydroxylation is 1. The van der Waals surface area contributed by atoms with Crippen LogP contribution in [0, 0.1) is 6.92 Å². The molecular formula is C13H17N3. The first-order valence-corrected chi connectivity index (χ1v) is 5.53. The van der Waals surface area contributed by atoms with E-state index < -0.39 is 0 Å². The smallest absolute Gasteiger partial charge is 0.0534 e. The molecule has 0 amide bonds. The summed E-state index contributed by atoms with van der Waals surface area (Å²) in [6, 6.07) is 8.87. The second-order valence-electron chi connectivity index (χ2n) is 4.12. The number of aromatic nitrogens is 2. The summed E-state index contributed by atoms with van der Waals surface area (Å²) >= 11 is 0. The first kappa shape index (κ1) is 10.9. The third kappa shape index (κ3) is 2.70. The Bertz CT molecular complexity index is 434. The van der Waals surface area contributed by atoms with E-state index >= 15 is 0 Å². The number of H-pyrrole nitrogens is 1. The van der Waals surface area contributed by atoms with Gasteiger partial charge in [-0.15, -0.1) is 0 Å². The van der Waals surface area contributed by atoms with Crippen LogP contribution in [0.2, 0.25) is 0 Å². The summed E-state index contributed by atoms with van der Waals surface area (Å²) < 4.78 is 0. The molecule has 1 heterocycles. The minimum absolute atomic E-state index is 0.319. The molecule has 1 aromatic heterocycles. The van der Waals surface area contributed by atoms with Gasteiger partial charge in [0.05, 0.1) is 6.20 Å². The van der Waals surface area contributed by atoms with Gasteiger partial charge in [-0.1, -0.05) is 29.8 Å². The number of nitrogens with zero attached hydrogens (tertiary/aromatic N) is 1. The number of benzene rings is 1. The van der Waals surface area contributed by atoms with E-state index in [-0.39, 0.29) is 0 Å². The number of hydrogen-bond acceptors (Lipinski definition) is 2. The van der Waals surface area contributed by atoms with Crippen LogP contribution in [0.15, 0.2) is 36.7 Å². The van der Waals surface area contributed by atoms with Crippen LogP contribution in [0.5, 0.6) is 0 Å². The molecule has 1 atom stereocenters. The van der Waals surface area contributed by atoms with E-state index in [0.717, 1.165) is 6.54 Å². The number of hydrogen-bond donors (Lipinski definition) is 2. The van der Waals surface area contributed by atoms with Gasteiger partial charge in [0.2, 0.25) is 0 Å². The summed E-state index contributed by atoms with van der Waals surface area (Å²) in [6.45, 7) is 5.14. The molecule has 0 aliphatic rings. The van der Waals surface area contributed by atoms with Crippen molar-refractivity contribution in [2.24, 2.45) is 0 Å². The van der Waals surface area contributed by atoms with E-state index in [2.05, 4.69) is 53.6 Å². The van der Waals surface area contributed by atoms with E-state index in [0.29, 0.717) is 6.04 Å². The van der Waals surface area contributed by atoms with E-state index in [4.69, 9.17) is 0 Å². The van der Waals surface area contributed by atoms with Crippen molar-refractivity contribution in [2.45, 2.75) is 26.4 Å². The Balaban J connectivity index is 1.92. The van der Waals surface area contributed by atoms with Crippen molar-refractivity contribution in [3.05, 3.63) is 53.3 Å². The Morgan fingerprint density at radius 2 is 2.31 bits per heavy atom. The van der Waals surface area contributed by atoms with Gasteiger partial charge >= 0.3 is 0 Å². The molecule has 1 unspecified atom stereocenters. The lowest BCUT2D eigenvalue weighted by Crippen LogP contribution is -2.17. The fourth-order valence-electron chi connectivity index (χ4n) is 1.71. The highest BCUT2D eigenvalue weighted by atomic mass is 15.1. The molecule has 0 aliphatic heterocycles. The molecule has 3 nitrogen and oxygen atoms in total. The van der Waals surface area contributed by atoms with Crippen molar-refractivity contribution in [3.8, 4) is 0 Å². The van der Waals surface area contributed by atoms with Crippen LogP contribution in [-0.4, -0.2) is 10.2 Å². The van der Waals surface area contributed by atoms with Crippen LogP contribution < -0.4 is 5.32 Å². The lowest BCUT2D eigenvalue weighted by molar-refractivity contribution is 0.575. The maximum Gasteiger partial charge on any atom is 0.0534 e. The highest BCUT2D eigenvalue weighted by molar-refractivity contribution is 5.22. The molecule has 0 aliphatic carbocycles. The molecule has 2 rings (SSSR count). The molecule has 0 spiro atoms. The van der Waals surface area contributed by atoms with Crippen LogP contribution in [0.3, 0.4) is 0 Å². The van der Waals surface area contributed by atoms with Crippen molar-refractivity contribution >= 4 is 0 Å². The second kappa shape index (κ2) is 4.94. The summed E-state index contributed by atoms with van der Waals surface area (Å²) in [5.74, 6) is 0. The van der Waals surface area contributed by atoms with Crippen LogP contribution in [0.25, 0.3) is 0 Å². The number of nitrogens with one attached hydrogen (secondary N) is 2. The van der Waals surface area contributed by atoms with Crippen molar-refractivity contribution < 1.29 is 0 Å². The number of rotatable bonds is 4. The van der Waals surface area contributed by atoms with Crippen LogP contribution in [-0.2, 0) is 6.54 Å². The largest absolute Gasteiger partial charge is 0.306 e. The molecule has 2 aromatic rings. The molecule has 0 saturated heterocycles. The second-order valence-corrected chi connectivity index (χ2v) is 4.12. The summed E-state index contributed by atoms with van der Waals surface area (Å²) in [4.78, 5) is 0. The van der Waals surface area contributed by atoms with E-state index in [1.807, 2.05) is 12.4 Å². The van der Waals surface area contributed by atoms with Gasteiger partial charge in [-0.3, -0.25) is 5.10 Å². The minimum atomic E-state index is 0.319. The first-order valence-electron chi connectivity index (χ1n) is 5.53. The quantitative estimate of drug-likeness (QED) is 0.823. The van der Waals surface area contributed by atoms with Gasteiger partial charge in [-0.25, -0.2) is 0 Å². The van der Waals surface area contributed by atoms with E-state index in [1.54, 1.807) is 0 Å². The van der Waals surface area contributed by atoms with Gasteiger partial charge in [0.15, 0.2) is 0 Å². The standard InChI is InChI=1S/C13H17N3/c1-10-4-3-5-12(6-10)7-14-11(2)13-8-15-16-9-13/h3-6,8-9,11,14H,7H2,1-2H3,(H,15,16). The molecule has 84 valence electrons. The predicted octanol–water partition coefficient (Wildman–Crippen LogP) is 2.57. The summed E-state index contributed by atoms with van der Waals surface area (Å²) in [5, 5.41) is 10.2. The van der Waals surface area contributed by atoms with Gasteiger partial charge in [0.1, 0.15) is 0 Å². The zero-order chi connectivity index (χ0) is 11.4. The number of aromatic amines is 1. The van der Waals surface area contributed by atoms with Crippen LogP contribution in [0.1, 0.15) is 29.7 Å². The summed E-state index contributed by atoms with van der Waals surface area (Å²) in [5.41, 5.74) is 3.80. The van der Waals surface area contributed by atoms with Gasteiger partial charge in [-0.2, -0.15) is 5.10 Å². The maximum atomic E-state index is 3.95. The molecule has 0 radical (unpaired) electrons. The molecule has 16 heavy (non-hydrogen) atoms. The monoisotopic (exact) mass is 215 g/mol. The third-order valence-corrected chi connectivity index (χ3v) is 2.71. The molecular weight excluding hydrogens is 198 g/mol. The lowest BCUT2D eigenvalue weighted by Gasteiger charge is -2.12. The highest BCUT2D eigenvalue weighted by Crippen LogP contribution is 2.11. The Hall–Kier alpha value is -1.61. The van der Waals surface area contributed by atoms with Crippen LogP contribution >= 0.6 is 0 Å².